The summed E-state index contributed by atoms with van der Waals surface area (Å²) >= 11 is 4.91. The van der Waals surface area contributed by atoms with Crippen LogP contribution < -0.4 is 10.6 Å². The number of hydrogen-bond acceptors (Lipinski definition) is 7. The highest BCUT2D eigenvalue weighted by molar-refractivity contribution is 7.91. The van der Waals surface area contributed by atoms with Gasteiger partial charge in [0.2, 0.25) is 11.8 Å². The number of carbonyl (C=O) groups is 4. The van der Waals surface area contributed by atoms with E-state index in [1.807, 2.05) is 0 Å². The lowest BCUT2D eigenvalue weighted by atomic mass is 9.85. The number of alkyl carbamates (subject to hydrolysis) is 1. The summed E-state index contributed by atoms with van der Waals surface area (Å²) in [6.07, 6.45) is -1.30. The van der Waals surface area contributed by atoms with E-state index in [1.54, 1.807) is 59.7 Å². The summed E-state index contributed by atoms with van der Waals surface area (Å²) < 4.78 is 22.9. The van der Waals surface area contributed by atoms with E-state index in [2.05, 4.69) is 10.6 Å². The van der Waals surface area contributed by atoms with Crippen molar-refractivity contribution in [2.75, 3.05) is 18.1 Å². The highest BCUT2D eigenvalue weighted by Crippen LogP contribution is 2.29. The number of benzene rings is 1. The van der Waals surface area contributed by atoms with Gasteiger partial charge in [-0.05, 0) is 76.0 Å². The van der Waals surface area contributed by atoms with Crippen LogP contribution in [0.15, 0.2) is 18.2 Å². The van der Waals surface area contributed by atoms with Crippen LogP contribution in [0.5, 0.6) is 0 Å². The van der Waals surface area contributed by atoms with Crippen LogP contribution in [0.2, 0.25) is 5.02 Å². The van der Waals surface area contributed by atoms with E-state index in [0.29, 0.717) is 10.6 Å². The number of amides is 3. The first kappa shape index (κ1) is 31.7. The van der Waals surface area contributed by atoms with Crippen molar-refractivity contribution in [3.05, 3.63) is 34.3 Å². The summed E-state index contributed by atoms with van der Waals surface area (Å²) in [5.41, 5.74) is -0.358. The molecule has 0 aromatic heterocycles. The lowest BCUT2D eigenvalue weighted by Gasteiger charge is -2.40. The Kier molecular flexibility index (Phi) is 10.9. The zero-order chi connectivity index (χ0) is 28.8. The molecule has 0 bridgehead atoms. The highest BCUT2D eigenvalue weighted by Gasteiger charge is 2.46. The number of hydrogen-bond donors (Lipinski definition) is 2. The first-order valence-corrected chi connectivity index (χ1v) is 14.2. The summed E-state index contributed by atoms with van der Waals surface area (Å²) in [7, 11) is 0. The zero-order valence-corrected chi connectivity index (χ0v) is 24.6. The van der Waals surface area contributed by atoms with Crippen molar-refractivity contribution in [1.29, 1.82) is 0 Å². The summed E-state index contributed by atoms with van der Waals surface area (Å²) in [6, 6.07) is 4.14. The second kappa shape index (κ2) is 13.0. The van der Waals surface area contributed by atoms with E-state index in [0.717, 1.165) is 5.56 Å². The average Bonchev–Trinajstić information content (AvgIpc) is 2.79. The Morgan fingerprint density at radius 1 is 1.13 bits per heavy atom. The maximum absolute atomic E-state index is 13.5. The van der Waals surface area contributed by atoms with Gasteiger partial charge in [-0.3, -0.25) is 14.4 Å². The maximum atomic E-state index is 13.5. The van der Waals surface area contributed by atoms with Gasteiger partial charge in [-0.1, -0.05) is 17.7 Å². The van der Waals surface area contributed by atoms with Gasteiger partial charge in [-0.15, -0.1) is 0 Å². The van der Waals surface area contributed by atoms with Gasteiger partial charge in [0.25, 0.3) is 0 Å². The Hall–Kier alpha value is -2.50. The SMILES string of the molecule is CC(=O)O[C@H](C)C(C)(C)C(=O)N1CC[S+]([O-])CC1C(=O)NCc1cc(Cl)ccc1CNC(=O)OC(C)(C)C. The summed E-state index contributed by atoms with van der Waals surface area (Å²) in [6.45, 7) is 11.9. The normalized spacial score (nSPS) is 18.8. The van der Waals surface area contributed by atoms with E-state index in [9.17, 15) is 23.7 Å². The molecule has 2 N–H and O–H groups in total. The van der Waals surface area contributed by atoms with E-state index >= 15 is 0 Å². The van der Waals surface area contributed by atoms with Crippen LogP contribution in [-0.2, 0) is 48.1 Å². The van der Waals surface area contributed by atoms with Crippen LogP contribution in [0.1, 0.15) is 59.6 Å². The lowest BCUT2D eigenvalue weighted by Crippen LogP contribution is -2.61. The number of esters is 1. The number of ether oxygens (including phenoxy) is 2. The second-order valence-corrected chi connectivity index (χ2v) is 12.8. The highest BCUT2D eigenvalue weighted by atomic mass is 35.5. The van der Waals surface area contributed by atoms with Crippen LogP contribution in [0.25, 0.3) is 0 Å². The molecule has 0 saturated carbocycles. The Morgan fingerprint density at radius 3 is 2.37 bits per heavy atom. The molecule has 1 aromatic carbocycles. The average molecular weight is 572 g/mol. The molecule has 2 rings (SSSR count). The number of nitrogens with zero attached hydrogens (tertiary/aromatic N) is 1. The largest absolute Gasteiger partial charge is 0.616 e. The van der Waals surface area contributed by atoms with Crippen molar-refractivity contribution in [2.24, 2.45) is 5.41 Å². The first-order valence-electron chi connectivity index (χ1n) is 12.4. The molecule has 1 aromatic rings. The Bertz CT molecular complexity index is 1040. The molecule has 212 valence electrons. The van der Waals surface area contributed by atoms with Crippen molar-refractivity contribution in [3.8, 4) is 0 Å². The molecule has 0 spiro atoms. The van der Waals surface area contributed by atoms with Gasteiger partial charge in [0.15, 0.2) is 6.04 Å². The Morgan fingerprint density at radius 2 is 1.76 bits per heavy atom. The summed E-state index contributed by atoms with van der Waals surface area (Å²) in [5, 5.41) is 5.97. The fourth-order valence-electron chi connectivity index (χ4n) is 3.82. The van der Waals surface area contributed by atoms with Crippen LogP contribution in [0.3, 0.4) is 0 Å². The monoisotopic (exact) mass is 571 g/mol. The number of carbonyl (C=O) groups excluding carboxylic acids is 4. The minimum atomic E-state index is -1.27. The lowest BCUT2D eigenvalue weighted by molar-refractivity contribution is -0.162. The van der Waals surface area contributed by atoms with Crippen LogP contribution >= 0.6 is 11.6 Å². The molecule has 2 unspecified atom stereocenters. The fourth-order valence-corrected chi connectivity index (χ4v) is 5.26. The predicted octanol–water partition coefficient (Wildman–Crippen LogP) is 2.92. The first-order chi connectivity index (χ1) is 17.5. The molecule has 10 nitrogen and oxygen atoms in total. The third-order valence-corrected chi connectivity index (χ3v) is 7.76. The van der Waals surface area contributed by atoms with Crippen molar-refractivity contribution in [3.63, 3.8) is 0 Å². The number of nitrogens with one attached hydrogen (secondary N) is 2. The molecule has 38 heavy (non-hydrogen) atoms. The van der Waals surface area contributed by atoms with Crippen LogP contribution in [0, 0.1) is 5.41 Å². The maximum Gasteiger partial charge on any atom is 0.407 e. The summed E-state index contributed by atoms with van der Waals surface area (Å²) in [4.78, 5) is 51.7. The van der Waals surface area contributed by atoms with Gasteiger partial charge < -0.3 is 29.6 Å². The van der Waals surface area contributed by atoms with Crippen molar-refractivity contribution in [1.82, 2.24) is 15.5 Å². The van der Waals surface area contributed by atoms with Gasteiger partial charge in [0, 0.05) is 25.0 Å². The minimum Gasteiger partial charge on any atom is -0.616 e. The molecular weight excluding hydrogens is 534 g/mol. The standard InChI is InChI=1S/C26H38ClN3O7S/c1-16(36-17(2)31)26(6,7)23(33)30-10-11-38(35)15-21(30)22(32)28-14-19-12-20(27)9-8-18(19)13-29-24(34)37-25(3,4)5/h8-9,12,16,21H,10-11,13-15H2,1-7H3,(H,28,32)(H,29,34)/t16-,21?,38?/m1/s1. The molecule has 0 aliphatic carbocycles. The number of halogens is 1. The molecule has 3 atom stereocenters. The predicted molar refractivity (Wildman–Crippen MR) is 145 cm³/mol. The zero-order valence-electron chi connectivity index (χ0n) is 23.0. The van der Waals surface area contributed by atoms with Crippen LogP contribution in [-0.4, -0.2) is 69.1 Å². The molecule has 0 radical (unpaired) electrons. The Balaban J connectivity index is 2.15. The van der Waals surface area contributed by atoms with E-state index < -0.39 is 52.3 Å². The summed E-state index contributed by atoms with van der Waals surface area (Å²) in [5.74, 6) is -1.09. The minimum absolute atomic E-state index is 0.00178. The van der Waals surface area contributed by atoms with Crippen molar-refractivity contribution < 1.29 is 33.2 Å². The molecule has 1 fully saturated rings. The molecule has 1 saturated heterocycles. The van der Waals surface area contributed by atoms with E-state index in [1.165, 1.54) is 11.8 Å². The van der Waals surface area contributed by atoms with E-state index in [-0.39, 0.29) is 37.0 Å². The quantitative estimate of drug-likeness (QED) is 0.361. The third kappa shape index (κ3) is 9.06. The van der Waals surface area contributed by atoms with Gasteiger partial charge in [-0.2, -0.15) is 0 Å². The smallest absolute Gasteiger partial charge is 0.407 e. The van der Waals surface area contributed by atoms with Gasteiger partial charge >= 0.3 is 12.1 Å². The van der Waals surface area contributed by atoms with E-state index in [4.69, 9.17) is 21.1 Å². The molecule has 1 heterocycles. The van der Waals surface area contributed by atoms with Crippen LogP contribution in [0.4, 0.5) is 4.79 Å². The van der Waals surface area contributed by atoms with Crippen molar-refractivity contribution >= 4 is 46.7 Å². The molecule has 3 amide bonds. The molecule has 12 heteroatoms. The topological polar surface area (TPSA) is 137 Å². The molecule has 1 aliphatic rings. The van der Waals surface area contributed by atoms with Crippen molar-refractivity contribution in [2.45, 2.75) is 79.3 Å². The van der Waals surface area contributed by atoms with Gasteiger partial charge in [0.1, 0.15) is 23.2 Å². The molecule has 1 aliphatic heterocycles. The second-order valence-electron chi connectivity index (χ2n) is 10.8. The Labute approximate surface area is 232 Å². The number of rotatable bonds is 8. The third-order valence-electron chi connectivity index (χ3n) is 6.20. The van der Waals surface area contributed by atoms with Gasteiger partial charge in [0.05, 0.1) is 12.0 Å². The fraction of sp³-hybridized carbons (Fsp3) is 0.615. The van der Waals surface area contributed by atoms with Gasteiger partial charge in [-0.25, -0.2) is 4.79 Å². The molecular formula is C26H38ClN3O7S.